The van der Waals surface area contributed by atoms with Crippen LogP contribution in [-0.4, -0.2) is 60.9 Å². The highest BCUT2D eigenvalue weighted by molar-refractivity contribution is 5.98. The SMILES string of the molecule is CC(C)C(NC(=O)c1cc(C(F)(F)F)ccc1F)C(=O)N1CCC2(CCN(C)CC2c2ccc(F)cc2)CC1. The van der Waals surface area contributed by atoms with Crippen LogP contribution in [-0.2, 0) is 11.0 Å². The predicted molar refractivity (Wildman–Crippen MR) is 137 cm³/mol. The number of carbonyl (C=O) groups is 2. The molecule has 10 heteroatoms. The zero-order valence-corrected chi connectivity index (χ0v) is 22.3. The lowest BCUT2D eigenvalue weighted by Crippen LogP contribution is -2.56. The number of nitrogens with zero attached hydrogens (tertiary/aromatic N) is 2. The van der Waals surface area contributed by atoms with E-state index in [1.807, 2.05) is 12.1 Å². The third-order valence-electron chi connectivity index (χ3n) is 8.33. The third-order valence-corrected chi connectivity index (χ3v) is 8.33. The number of carbonyl (C=O) groups excluding carboxylic acids is 2. The minimum Gasteiger partial charge on any atom is -0.341 e. The Kier molecular flexibility index (Phi) is 8.35. The number of benzene rings is 2. The minimum atomic E-state index is -4.74. The lowest BCUT2D eigenvalue weighted by atomic mass is 9.62. The molecule has 2 fully saturated rings. The van der Waals surface area contributed by atoms with E-state index in [1.54, 1.807) is 18.7 Å². The van der Waals surface area contributed by atoms with Crippen molar-refractivity contribution < 1.29 is 31.5 Å². The van der Waals surface area contributed by atoms with E-state index in [0.717, 1.165) is 37.9 Å². The molecule has 2 aromatic carbocycles. The summed E-state index contributed by atoms with van der Waals surface area (Å²) in [5, 5.41) is 2.49. The molecular weight excluding hydrogens is 517 g/mol. The van der Waals surface area contributed by atoms with Crippen molar-refractivity contribution in [3.63, 3.8) is 0 Å². The number of likely N-dealkylation sites (tertiary alicyclic amines) is 2. The molecule has 2 amide bonds. The van der Waals surface area contributed by atoms with Crippen LogP contribution in [0.4, 0.5) is 22.0 Å². The summed E-state index contributed by atoms with van der Waals surface area (Å²) in [5.74, 6) is -2.98. The summed E-state index contributed by atoms with van der Waals surface area (Å²) in [7, 11) is 2.06. The van der Waals surface area contributed by atoms with Gasteiger partial charge in [-0.15, -0.1) is 0 Å². The zero-order valence-electron chi connectivity index (χ0n) is 22.3. The Morgan fingerprint density at radius 3 is 2.18 bits per heavy atom. The first-order chi connectivity index (χ1) is 18.3. The van der Waals surface area contributed by atoms with E-state index in [4.69, 9.17) is 0 Å². The van der Waals surface area contributed by atoms with Crippen LogP contribution >= 0.6 is 0 Å². The van der Waals surface area contributed by atoms with Crippen LogP contribution in [0, 0.1) is 23.0 Å². The highest BCUT2D eigenvalue weighted by Crippen LogP contribution is 2.50. The molecule has 1 spiro atoms. The molecule has 2 heterocycles. The molecule has 2 saturated heterocycles. The average Bonchev–Trinajstić information content (AvgIpc) is 2.88. The van der Waals surface area contributed by atoms with Gasteiger partial charge in [0, 0.05) is 25.6 Å². The van der Waals surface area contributed by atoms with Gasteiger partial charge >= 0.3 is 6.18 Å². The minimum absolute atomic E-state index is 0.0567. The van der Waals surface area contributed by atoms with Crippen molar-refractivity contribution >= 4 is 11.8 Å². The van der Waals surface area contributed by atoms with Crippen LogP contribution < -0.4 is 5.32 Å². The van der Waals surface area contributed by atoms with Crippen LogP contribution in [0.3, 0.4) is 0 Å². The zero-order chi connectivity index (χ0) is 28.5. The Labute approximate surface area is 225 Å². The molecule has 0 radical (unpaired) electrons. The second kappa shape index (κ2) is 11.2. The highest BCUT2D eigenvalue weighted by atomic mass is 19.4. The van der Waals surface area contributed by atoms with Gasteiger partial charge in [-0.25, -0.2) is 8.78 Å². The van der Waals surface area contributed by atoms with Gasteiger partial charge in [-0.1, -0.05) is 26.0 Å². The summed E-state index contributed by atoms with van der Waals surface area (Å²) < 4.78 is 67.2. The lowest BCUT2D eigenvalue weighted by Gasteiger charge is -2.52. The fourth-order valence-corrected chi connectivity index (χ4v) is 5.91. The van der Waals surface area contributed by atoms with Crippen LogP contribution in [0.2, 0.25) is 0 Å². The molecule has 39 heavy (non-hydrogen) atoms. The summed E-state index contributed by atoms with van der Waals surface area (Å²) in [4.78, 5) is 30.3. The summed E-state index contributed by atoms with van der Waals surface area (Å²) in [5.41, 5.74) is -0.886. The van der Waals surface area contributed by atoms with Gasteiger partial charge in [0.2, 0.25) is 5.91 Å². The number of piperidine rings is 2. The van der Waals surface area contributed by atoms with E-state index in [9.17, 15) is 31.5 Å². The van der Waals surface area contributed by atoms with E-state index >= 15 is 0 Å². The molecule has 0 aromatic heterocycles. The Balaban J connectivity index is 1.48. The van der Waals surface area contributed by atoms with Gasteiger partial charge in [-0.2, -0.15) is 13.2 Å². The normalized spacial score (nSPS) is 20.7. The Morgan fingerprint density at radius 2 is 1.59 bits per heavy atom. The molecule has 4 rings (SSSR count). The summed E-state index contributed by atoms with van der Waals surface area (Å²) in [6.07, 6.45) is -2.34. The van der Waals surface area contributed by atoms with Crippen molar-refractivity contribution in [3.8, 4) is 0 Å². The maximum Gasteiger partial charge on any atom is 0.416 e. The maximum atomic E-state index is 14.3. The van der Waals surface area contributed by atoms with Crippen molar-refractivity contribution in [2.45, 2.75) is 51.2 Å². The molecule has 1 N–H and O–H groups in total. The van der Waals surface area contributed by atoms with Crippen molar-refractivity contribution in [3.05, 3.63) is 70.8 Å². The summed E-state index contributed by atoms with van der Waals surface area (Å²) in [6, 6.07) is 7.22. The molecular formula is C29H34F5N3O2. The molecule has 2 aliphatic heterocycles. The van der Waals surface area contributed by atoms with E-state index in [-0.39, 0.29) is 29.0 Å². The standard InChI is InChI=1S/C29H34F5N3O2/c1-18(2)25(35-26(38)22-16-20(29(32,33)34)6-9-24(22)31)27(39)37-14-11-28(12-15-37)10-13-36(3)17-23(28)19-4-7-21(30)8-5-19/h4-9,16,18,23,25H,10-15,17H2,1-3H3,(H,35,38). The fourth-order valence-electron chi connectivity index (χ4n) is 5.91. The van der Waals surface area contributed by atoms with Crippen molar-refractivity contribution in [2.24, 2.45) is 11.3 Å². The monoisotopic (exact) mass is 551 g/mol. The van der Waals surface area contributed by atoms with Gasteiger partial charge < -0.3 is 15.1 Å². The molecule has 2 aliphatic rings. The van der Waals surface area contributed by atoms with E-state index in [2.05, 4.69) is 17.3 Å². The number of halogens is 5. The number of rotatable bonds is 5. The molecule has 0 saturated carbocycles. The first-order valence-electron chi connectivity index (χ1n) is 13.2. The van der Waals surface area contributed by atoms with Crippen molar-refractivity contribution in [1.82, 2.24) is 15.1 Å². The Hall–Kier alpha value is -3.01. The number of hydrogen-bond acceptors (Lipinski definition) is 3. The third kappa shape index (κ3) is 6.26. The van der Waals surface area contributed by atoms with E-state index in [1.165, 1.54) is 12.1 Å². The number of nitrogens with one attached hydrogen (secondary N) is 1. The van der Waals surface area contributed by atoms with Gasteiger partial charge in [0.05, 0.1) is 11.1 Å². The molecule has 0 bridgehead atoms. The van der Waals surface area contributed by atoms with Gasteiger partial charge in [0.25, 0.3) is 5.91 Å². The smallest absolute Gasteiger partial charge is 0.341 e. The van der Waals surface area contributed by atoms with Crippen LogP contribution in [0.5, 0.6) is 0 Å². The Bertz CT molecular complexity index is 1190. The first-order valence-corrected chi connectivity index (χ1v) is 13.2. The van der Waals surface area contributed by atoms with Crippen LogP contribution in [0.1, 0.15) is 60.5 Å². The number of amides is 2. The van der Waals surface area contributed by atoms with Gasteiger partial charge in [-0.05, 0) is 80.1 Å². The molecule has 2 atom stereocenters. The Morgan fingerprint density at radius 1 is 0.974 bits per heavy atom. The summed E-state index contributed by atoms with van der Waals surface area (Å²) >= 11 is 0. The van der Waals surface area contributed by atoms with E-state index < -0.39 is 35.1 Å². The number of alkyl halides is 3. The molecule has 5 nitrogen and oxygen atoms in total. The lowest BCUT2D eigenvalue weighted by molar-refractivity contribution is -0.138. The topological polar surface area (TPSA) is 52.7 Å². The fraction of sp³-hybridized carbons (Fsp3) is 0.517. The van der Waals surface area contributed by atoms with Crippen LogP contribution in [0.25, 0.3) is 0 Å². The maximum absolute atomic E-state index is 14.3. The van der Waals surface area contributed by atoms with Gasteiger partial charge in [0.15, 0.2) is 0 Å². The average molecular weight is 552 g/mol. The molecule has 2 aromatic rings. The number of hydrogen-bond donors (Lipinski definition) is 1. The van der Waals surface area contributed by atoms with E-state index in [0.29, 0.717) is 31.3 Å². The second-order valence-corrected chi connectivity index (χ2v) is 11.2. The largest absolute Gasteiger partial charge is 0.416 e. The van der Waals surface area contributed by atoms with Crippen molar-refractivity contribution in [2.75, 3.05) is 33.2 Å². The van der Waals surface area contributed by atoms with Gasteiger partial charge in [0.1, 0.15) is 17.7 Å². The second-order valence-electron chi connectivity index (χ2n) is 11.2. The van der Waals surface area contributed by atoms with Gasteiger partial charge in [-0.3, -0.25) is 9.59 Å². The predicted octanol–water partition coefficient (Wildman–Crippen LogP) is 5.47. The summed E-state index contributed by atoms with van der Waals surface area (Å²) in [6.45, 7) is 6.09. The molecule has 212 valence electrons. The first kappa shape index (κ1) is 29.0. The highest BCUT2D eigenvalue weighted by Gasteiger charge is 2.46. The molecule has 0 aliphatic carbocycles. The van der Waals surface area contributed by atoms with Crippen molar-refractivity contribution in [1.29, 1.82) is 0 Å². The molecule has 2 unspecified atom stereocenters. The number of likely N-dealkylation sites (N-methyl/N-ethyl adjacent to an activating group) is 1. The quantitative estimate of drug-likeness (QED) is 0.502. The van der Waals surface area contributed by atoms with Crippen LogP contribution in [0.15, 0.2) is 42.5 Å².